The van der Waals surface area contributed by atoms with Gasteiger partial charge in [-0.15, -0.1) is 0 Å². The number of carboxylic acids is 1. The first-order chi connectivity index (χ1) is 11.1. The van der Waals surface area contributed by atoms with Crippen molar-refractivity contribution < 1.29 is 24.2 Å². The number of hydrogen-bond acceptors (Lipinski definition) is 4. The lowest BCUT2D eigenvalue weighted by Crippen LogP contribution is -2.40. The number of carboxylic acid groups (broad SMARTS) is 1. The van der Waals surface area contributed by atoms with Crippen molar-refractivity contribution in [3.8, 4) is 0 Å². The summed E-state index contributed by atoms with van der Waals surface area (Å²) in [6.45, 7) is 1.25. The number of ether oxygens (including phenoxy) is 2. The average molecular weight is 319 g/mol. The van der Waals surface area contributed by atoms with Gasteiger partial charge in [0, 0.05) is 19.1 Å². The van der Waals surface area contributed by atoms with Gasteiger partial charge in [-0.3, -0.25) is 4.90 Å². The summed E-state index contributed by atoms with van der Waals surface area (Å²) in [6.07, 6.45) is 1.85. The zero-order valence-electron chi connectivity index (χ0n) is 12.9. The molecule has 6 nitrogen and oxygen atoms in total. The van der Waals surface area contributed by atoms with E-state index in [0.29, 0.717) is 13.0 Å². The molecule has 0 saturated carbocycles. The molecule has 23 heavy (non-hydrogen) atoms. The molecule has 2 heterocycles. The SMILES string of the molecule is O=C(O)[C@@H]1CC(C2CCCO2)CN1C(=O)OCc1ccccc1. The van der Waals surface area contributed by atoms with Crippen molar-refractivity contribution in [3.05, 3.63) is 35.9 Å². The molecule has 3 rings (SSSR count). The summed E-state index contributed by atoms with van der Waals surface area (Å²) in [5, 5.41) is 9.39. The monoisotopic (exact) mass is 319 g/mol. The second-order valence-corrected chi connectivity index (χ2v) is 6.09. The van der Waals surface area contributed by atoms with Gasteiger partial charge in [0.25, 0.3) is 0 Å². The maximum atomic E-state index is 12.3. The molecule has 6 heteroatoms. The highest BCUT2D eigenvalue weighted by Crippen LogP contribution is 2.32. The molecule has 1 aromatic carbocycles. The first-order valence-corrected chi connectivity index (χ1v) is 7.97. The van der Waals surface area contributed by atoms with E-state index in [1.54, 1.807) is 0 Å². The first-order valence-electron chi connectivity index (χ1n) is 7.97. The predicted octanol–water partition coefficient (Wildman–Crippen LogP) is 2.28. The van der Waals surface area contributed by atoms with Crippen molar-refractivity contribution in [2.75, 3.05) is 13.2 Å². The van der Waals surface area contributed by atoms with Crippen molar-refractivity contribution in [3.63, 3.8) is 0 Å². The Hall–Kier alpha value is -2.08. The van der Waals surface area contributed by atoms with Crippen LogP contribution in [0.5, 0.6) is 0 Å². The van der Waals surface area contributed by atoms with Crippen LogP contribution >= 0.6 is 0 Å². The van der Waals surface area contributed by atoms with E-state index in [9.17, 15) is 14.7 Å². The van der Waals surface area contributed by atoms with E-state index < -0.39 is 18.1 Å². The molecular weight excluding hydrogens is 298 g/mol. The Morgan fingerprint density at radius 3 is 2.74 bits per heavy atom. The molecule has 2 aliphatic heterocycles. The standard InChI is InChI=1S/C17H21NO5/c19-16(20)14-9-13(15-7-4-8-22-15)10-18(14)17(21)23-11-12-5-2-1-3-6-12/h1-3,5-6,13-15H,4,7-11H2,(H,19,20)/t13?,14-,15?/m0/s1. The van der Waals surface area contributed by atoms with Gasteiger partial charge in [0.15, 0.2) is 0 Å². The van der Waals surface area contributed by atoms with E-state index in [2.05, 4.69) is 0 Å². The lowest BCUT2D eigenvalue weighted by Gasteiger charge is -2.21. The van der Waals surface area contributed by atoms with Crippen LogP contribution in [0.25, 0.3) is 0 Å². The molecule has 0 bridgehead atoms. The smallest absolute Gasteiger partial charge is 0.410 e. The Kier molecular flexibility index (Phi) is 4.81. The second-order valence-electron chi connectivity index (χ2n) is 6.09. The number of aliphatic carboxylic acids is 1. The van der Waals surface area contributed by atoms with Crippen LogP contribution in [0.2, 0.25) is 0 Å². The van der Waals surface area contributed by atoms with Crippen LogP contribution in [0.3, 0.4) is 0 Å². The van der Waals surface area contributed by atoms with Crippen LogP contribution in [0.15, 0.2) is 30.3 Å². The Labute approximate surface area is 135 Å². The molecule has 2 fully saturated rings. The zero-order valence-corrected chi connectivity index (χ0v) is 12.9. The maximum absolute atomic E-state index is 12.3. The minimum absolute atomic E-state index is 0.0590. The van der Waals surface area contributed by atoms with Crippen molar-refractivity contribution in [1.29, 1.82) is 0 Å². The normalized spacial score (nSPS) is 27.1. The van der Waals surface area contributed by atoms with Gasteiger partial charge in [0.05, 0.1) is 6.10 Å². The fraction of sp³-hybridized carbons (Fsp3) is 0.529. The number of hydrogen-bond donors (Lipinski definition) is 1. The fourth-order valence-corrected chi connectivity index (χ4v) is 3.35. The Balaban J connectivity index is 1.61. The lowest BCUT2D eigenvalue weighted by atomic mass is 9.97. The highest BCUT2D eigenvalue weighted by atomic mass is 16.6. The van der Waals surface area contributed by atoms with Crippen LogP contribution in [0, 0.1) is 5.92 Å². The number of likely N-dealkylation sites (tertiary alicyclic amines) is 1. The van der Waals surface area contributed by atoms with Gasteiger partial charge in [-0.2, -0.15) is 0 Å². The molecular formula is C17H21NO5. The van der Waals surface area contributed by atoms with Crippen molar-refractivity contribution in [2.45, 2.75) is 38.0 Å². The lowest BCUT2D eigenvalue weighted by molar-refractivity contribution is -0.141. The first kappa shape index (κ1) is 15.8. The van der Waals surface area contributed by atoms with E-state index >= 15 is 0 Å². The van der Waals surface area contributed by atoms with Crippen LogP contribution in [-0.4, -0.2) is 47.4 Å². The van der Waals surface area contributed by atoms with Gasteiger partial charge in [0.1, 0.15) is 12.6 Å². The Morgan fingerprint density at radius 1 is 1.30 bits per heavy atom. The molecule has 2 saturated heterocycles. The molecule has 0 radical (unpaired) electrons. The third-order valence-electron chi connectivity index (χ3n) is 4.55. The van der Waals surface area contributed by atoms with Crippen molar-refractivity contribution >= 4 is 12.1 Å². The van der Waals surface area contributed by atoms with Crippen molar-refractivity contribution in [2.24, 2.45) is 5.92 Å². The third-order valence-corrected chi connectivity index (χ3v) is 4.55. The van der Waals surface area contributed by atoms with Crippen LogP contribution in [0.4, 0.5) is 4.79 Å². The number of nitrogens with zero attached hydrogens (tertiary/aromatic N) is 1. The highest BCUT2D eigenvalue weighted by Gasteiger charge is 2.44. The van der Waals surface area contributed by atoms with E-state index in [-0.39, 0.29) is 18.6 Å². The zero-order chi connectivity index (χ0) is 16.2. The van der Waals surface area contributed by atoms with E-state index in [0.717, 1.165) is 25.0 Å². The average Bonchev–Trinajstić information content (AvgIpc) is 3.22. The molecule has 1 aromatic rings. The molecule has 2 aliphatic rings. The molecule has 0 aromatic heterocycles. The molecule has 2 unspecified atom stereocenters. The largest absolute Gasteiger partial charge is 0.480 e. The van der Waals surface area contributed by atoms with E-state index in [4.69, 9.17) is 9.47 Å². The van der Waals surface area contributed by atoms with Crippen LogP contribution in [0.1, 0.15) is 24.8 Å². The highest BCUT2D eigenvalue weighted by molar-refractivity contribution is 5.80. The topological polar surface area (TPSA) is 76.1 Å². The second kappa shape index (κ2) is 7.00. The number of carbonyl (C=O) groups excluding carboxylic acids is 1. The number of amides is 1. The molecule has 124 valence electrons. The third kappa shape index (κ3) is 3.64. The van der Waals surface area contributed by atoms with Gasteiger partial charge in [0.2, 0.25) is 0 Å². The molecule has 0 spiro atoms. The number of carbonyl (C=O) groups is 2. The molecule has 3 atom stereocenters. The summed E-state index contributed by atoms with van der Waals surface area (Å²) >= 11 is 0. The molecule has 1 amide bonds. The van der Waals surface area contributed by atoms with Gasteiger partial charge < -0.3 is 14.6 Å². The van der Waals surface area contributed by atoms with E-state index in [1.165, 1.54) is 4.90 Å². The van der Waals surface area contributed by atoms with Crippen molar-refractivity contribution in [1.82, 2.24) is 4.90 Å². The summed E-state index contributed by atoms with van der Waals surface area (Å²) in [5.41, 5.74) is 0.877. The minimum Gasteiger partial charge on any atom is -0.480 e. The number of benzene rings is 1. The maximum Gasteiger partial charge on any atom is 0.410 e. The van der Waals surface area contributed by atoms with Gasteiger partial charge in [-0.1, -0.05) is 30.3 Å². The quantitative estimate of drug-likeness (QED) is 0.921. The van der Waals surface area contributed by atoms with Crippen LogP contribution in [-0.2, 0) is 20.9 Å². The summed E-state index contributed by atoms with van der Waals surface area (Å²) in [7, 11) is 0. The summed E-state index contributed by atoms with van der Waals surface area (Å²) in [4.78, 5) is 25.1. The number of rotatable bonds is 4. The predicted molar refractivity (Wildman–Crippen MR) is 81.8 cm³/mol. The summed E-state index contributed by atoms with van der Waals surface area (Å²) < 4.78 is 10.9. The minimum atomic E-state index is -0.984. The van der Waals surface area contributed by atoms with E-state index in [1.807, 2.05) is 30.3 Å². The fourth-order valence-electron chi connectivity index (χ4n) is 3.35. The van der Waals surface area contributed by atoms with Gasteiger partial charge >= 0.3 is 12.1 Å². The summed E-state index contributed by atoms with van der Waals surface area (Å²) in [6, 6.07) is 8.52. The molecule has 1 N–H and O–H groups in total. The van der Waals surface area contributed by atoms with Gasteiger partial charge in [-0.25, -0.2) is 9.59 Å². The molecule has 0 aliphatic carbocycles. The summed E-state index contributed by atoms with van der Waals surface area (Å²) in [5.74, 6) is -0.912. The Bertz CT molecular complexity index is 555. The van der Waals surface area contributed by atoms with Crippen LogP contribution < -0.4 is 0 Å². The van der Waals surface area contributed by atoms with Gasteiger partial charge in [-0.05, 0) is 24.8 Å². The Morgan fingerprint density at radius 2 is 2.09 bits per heavy atom.